The molecule has 0 aliphatic carbocycles. The molecule has 2 atom stereocenters. The van der Waals surface area contributed by atoms with Crippen LogP contribution in [0.15, 0.2) is 0 Å². The van der Waals surface area contributed by atoms with Crippen molar-refractivity contribution in [2.75, 3.05) is 20.1 Å². The molecule has 1 N–H and O–H groups in total. The van der Waals surface area contributed by atoms with Gasteiger partial charge in [0.1, 0.15) is 6.04 Å². The summed E-state index contributed by atoms with van der Waals surface area (Å²) < 4.78 is 0. The van der Waals surface area contributed by atoms with E-state index < -0.39 is 12.0 Å². The third-order valence-corrected chi connectivity index (χ3v) is 3.76. The Bertz CT molecular complexity index is 382. The lowest BCUT2D eigenvalue weighted by Crippen LogP contribution is -2.50. The number of nitrogens with zero attached hydrogens (tertiary/aromatic N) is 2. The zero-order valence-corrected chi connectivity index (χ0v) is 10.5. The molecule has 0 bridgehead atoms. The monoisotopic (exact) mass is 254 g/mol. The Morgan fingerprint density at radius 2 is 2.06 bits per heavy atom. The molecule has 18 heavy (non-hydrogen) atoms. The summed E-state index contributed by atoms with van der Waals surface area (Å²) in [6.45, 7) is 0.894. The highest BCUT2D eigenvalue weighted by atomic mass is 16.4. The van der Waals surface area contributed by atoms with Crippen molar-refractivity contribution < 1.29 is 19.5 Å². The summed E-state index contributed by atoms with van der Waals surface area (Å²) in [5.74, 6) is -1.54. The highest BCUT2D eigenvalue weighted by Gasteiger charge is 2.39. The molecule has 2 fully saturated rings. The molecule has 0 radical (unpaired) electrons. The first-order valence-electron chi connectivity index (χ1n) is 6.28. The molecule has 2 aliphatic heterocycles. The molecule has 0 aromatic carbocycles. The van der Waals surface area contributed by atoms with E-state index in [4.69, 9.17) is 5.11 Å². The molecule has 2 unspecified atom stereocenters. The van der Waals surface area contributed by atoms with E-state index in [9.17, 15) is 14.4 Å². The first kappa shape index (κ1) is 12.9. The second-order valence-electron chi connectivity index (χ2n) is 5.06. The van der Waals surface area contributed by atoms with E-state index in [0.29, 0.717) is 19.5 Å². The standard InChI is InChI=1S/C12H18N2O4/c1-13-7-8(6-10(13)15)11(16)14-5-3-2-4-9(14)12(17)18/h8-9H,2-7H2,1H3,(H,17,18). The van der Waals surface area contributed by atoms with Gasteiger partial charge in [-0.2, -0.15) is 0 Å². The van der Waals surface area contributed by atoms with Crippen LogP contribution in [-0.2, 0) is 14.4 Å². The van der Waals surface area contributed by atoms with E-state index in [1.807, 2.05) is 0 Å². The van der Waals surface area contributed by atoms with Gasteiger partial charge < -0.3 is 14.9 Å². The van der Waals surface area contributed by atoms with Gasteiger partial charge in [-0.05, 0) is 19.3 Å². The summed E-state index contributed by atoms with van der Waals surface area (Å²) in [6, 6.07) is -0.716. The van der Waals surface area contributed by atoms with Crippen molar-refractivity contribution in [3.8, 4) is 0 Å². The van der Waals surface area contributed by atoms with Crippen LogP contribution >= 0.6 is 0 Å². The number of carboxylic acids is 1. The van der Waals surface area contributed by atoms with Crippen LogP contribution < -0.4 is 0 Å². The maximum atomic E-state index is 12.3. The van der Waals surface area contributed by atoms with Gasteiger partial charge in [0.15, 0.2) is 0 Å². The molecule has 2 saturated heterocycles. The Morgan fingerprint density at radius 3 is 2.61 bits per heavy atom. The first-order chi connectivity index (χ1) is 8.50. The molecular weight excluding hydrogens is 236 g/mol. The zero-order valence-electron chi connectivity index (χ0n) is 10.5. The van der Waals surface area contributed by atoms with E-state index in [0.717, 1.165) is 12.8 Å². The molecule has 0 spiro atoms. The van der Waals surface area contributed by atoms with Crippen molar-refractivity contribution >= 4 is 17.8 Å². The smallest absolute Gasteiger partial charge is 0.326 e. The van der Waals surface area contributed by atoms with Crippen molar-refractivity contribution in [2.24, 2.45) is 5.92 Å². The van der Waals surface area contributed by atoms with E-state index >= 15 is 0 Å². The van der Waals surface area contributed by atoms with Gasteiger partial charge in [-0.3, -0.25) is 9.59 Å². The molecule has 2 amide bonds. The topological polar surface area (TPSA) is 77.9 Å². The largest absolute Gasteiger partial charge is 0.480 e. The summed E-state index contributed by atoms with van der Waals surface area (Å²) in [7, 11) is 1.67. The van der Waals surface area contributed by atoms with Crippen molar-refractivity contribution in [1.82, 2.24) is 9.80 Å². The summed E-state index contributed by atoms with van der Waals surface area (Å²) in [6.07, 6.45) is 2.39. The number of carbonyl (C=O) groups excluding carboxylic acids is 2. The van der Waals surface area contributed by atoms with Crippen LogP contribution in [0.25, 0.3) is 0 Å². The fourth-order valence-electron chi connectivity index (χ4n) is 2.72. The van der Waals surface area contributed by atoms with Crippen molar-refractivity contribution in [3.63, 3.8) is 0 Å². The molecule has 100 valence electrons. The maximum Gasteiger partial charge on any atom is 0.326 e. The van der Waals surface area contributed by atoms with Gasteiger partial charge in [-0.15, -0.1) is 0 Å². The molecule has 2 aliphatic rings. The van der Waals surface area contributed by atoms with Crippen LogP contribution in [0.5, 0.6) is 0 Å². The van der Waals surface area contributed by atoms with Gasteiger partial charge >= 0.3 is 5.97 Å². The quantitative estimate of drug-likeness (QED) is 0.748. The lowest BCUT2D eigenvalue weighted by molar-refractivity contribution is -0.153. The molecule has 2 heterocycles. The van der Waals surface area contributed by atoms with E-state index in [2.05, 4.69) is 0 Å². The Balaban J connectivity index is 2.07. The molecular formula is C12H18N2O4. The lowest BCUT2D eigenvalue weighted by Gasteiger charge is -2.34. The van der Waals surface area contributed by atoms with Gasteiger partial charge in [0.25, 0.3) is 0 Å². The Labute approximate surface area is 106 Å². The molecule has 6 heteroatoms. The minimum absolute atomic E-state index is 0.0442. The highest BCUT2D eigenvalue weighted by Crippen LogP contribution is 2.24. The number of aliphatic carboxylic acids is 1. The minimum Gasteiger partial charge on any atom is -0.480 e. The van der Waals surface area contributed by atoms with Gasteiger partial charge in [0.2, 0.25) is 11.8 Å². The zero-order chi connectivity index (χ0) is 13.3. The predicted octanol–water partition coefficient (Wildman–Crippen LogP) is -0.0696. The third-order valence-electron chi connectivity index (χ3n) is 3.76. The average molecular weight is 254 g/mol. The number of piperidine rings is 1. The van der Waals surface area contributed by atoms with Gasteiger partial charge in [-0.25, -0.2) is 4.79 Å². The summed E-state index contributed by atoms with van der Waals surface area (Å²) in [5.41, 5.74) is 0. The van der Waals surface area contributed by atoms with Gasteiger partial charge in [0.05, 0.1) is 5.92 Å². The van der Waals surface area contributed by atoms with Crippen LogP contribution in [0, 0.1) is 5.92 Å². The fourth-order valence-corrected chi connectivity index (χ4v) is 2.72. The van der Waals surface area contributed by atoms with Gasteiger partial charge in [0, 0.05) is 26.6 Å². The number of hydrogen-bond donors (Lipinski definition) is 1. The second kappa shape index (κ2) is 4.96. The summed E-state index contributed by atoms with van der Waals surface area (Å²) in [5, 5.41) is 9.13. The highest BCUT2D eigenvalue weighted by molar-refractivity contribution is 5.91. The fraction of sp³-hybridized carbons (Fsp3) is 0.750. The van der Waals surface area contributed by atoms with Crippen LogP contribution in [-0.4, -0.2) is 58.9 Å². The Morgan fingerprint density at radius 1 is 1.33 bits per heavy atom. The van der Waals surface area contributed by atoms with Crippen molar-refractivity contribution in [2.45, 2.75) is 31.7 Å². The number of rotatable bonds is 2. The van der Waals surface area contributed by atoms with E-state index in [1.165, 1.54) is 9.80 Å². The SMILES string of the molecule is CN1CC(C(=O)N2CCCCC2C(=O)O)CC1=O. The maximum absolute atomic E-state index is 12.3. The van der Waals surface area contributed by atoms with Crippen LogP contribution in [0.2, 0.25) is 0 Å². The van der Waals surface area contributed by atoms with Crippen LogP contribution in [0.4, 0.5) is 0 Å². The number of carbonyl (C=O) groups is 3. The lowest BCUT2D eigenvalue weighted by atomic mass is 9.98. The number of likely N-dealkylation sites (tertiary alicyclic amines) is 2. The van der Waals surface area contributed by atoms with Crippen molar-refractivity contribution in [3.05, 3.63) is 0 Å². The number of carboxylic acid groups (broad SMARTS) is 1. The first-order valence-corrected chi connectivity index (χ1v) is 6.28. The molecule has 0 saturated carbocycles. The third kappa shape index (κ3) is 2.32. The van der Waals surface area contributed by atoms with E-state index in [-0.39, 0.29) is 24.2 Å². The normalized spacial score (nSPS) is 28.6. The Kier molecular flexibility index (Phi) is 3.54. The minimum atomic E-state index is -0.944. The molecule has 6 nitrogen and oxygen atoms in total. The van der Waals surface area contributed by atoms with Crippen molar-refractivity contribution in [1.29, 1.82) is 0 Å². The predicted molar refractivity (Wildman–Crippen MR) is 62.7 cm³/mol. The molecule has 0 aromatic heterocycles. The Hall–Kier alpha value is -1.59. The van der Waals surface area contributed by atoms with Crippen LogP contribution in [0.1, 0.15) is 25.7 Å². The number of amides is 2. The second-order valence-corrected chi connectivity index (χ2v) is 5.06. The molecule has 2 rings (SSSR count). The van der Waals surface area contributed by atoms with Gasteiger partial charge in [-0.1, -0.05) is 0 Å². The average Bonchev–Trinajstić information content (AvgIpc) is 2.68. The van der Waals surface area contributed by atoms with E-state index in [1.54, 1.807) is 7.05 Å². The summed E-state index contributed by atoms with van der Waals surface area (Å²) >= 11 is 0. The molecule has 0 aromatic rings. The summed E-state index contributed by atoms with van der Waals surface area (Å²) in [4.78, 5) is 37.8. The number of hydrogen-bond acceptors (Lipinski definition) is 3. The van der Waals surface area contributed by atoms with Crippen LogP contribution in [0.3, 0.4) is 0 Å².